The summed E-state index contributed by atoms with van der Waals surface area (Å²) in [4.78, 5) is 8.94. The Balaban J connectivity index is 2.36. The maximum atomic E-state index is 5.54. The molecule has 1 unspecified atom stereocenters. The van der Waals surface area contributed by atoms with Gasteiger partial charge in [0.15, 0.2) is 5.82 Å². The van der Waals surface area contributed by atoms with E-state index in [0.29, 0.717) is 5.82 Å². The van der Waals surface area contributed by atoms with Crippen molar-refractivity contribution in [2.45, 2.75) is 13.0 Å². The zero-order chi connectivity index (χ0) is 13.7. The molecule has 1 heterocycles. The Hall–Kier alpha value is -1.21. The maximum Gasteiger partial charge on any atom is 0.164 e. The van der Waals surface area contributed by atoms with E-state index in [0.717, 1.165) is 21.5 Å². The molecule has 0 aliphatic heterocycles. The van der Waals surface area contributed by atoms with Crippen LogP contribution < -0.4 is 5.32 Å². The van der Waals surface area contributed by atoms with Crippen LogP contribution in [0.2, 0.25) is 0 Å². The number of hydrogen-bond acceptors (Lipinski definition) is 4. The first-order valence-corrected chi connectivity index (χ1v) is 7.18. The summed E-state index contributed by atoms with van der Waals surface area (Å²) >= 11 is 2.22. The minimum Gasteiger partial charge on any atom is -0.369 e. The topological polar surface area (TPSA) is 47.0 Å². The van der Waals surface area contributed by atoms with Crippen molar-refractivity contribution in [3.8, 4) is 0 Å². The zero-order valence-corrected chi connectivity index (χ0v) is 13.1. The van der Waals surface area contributed by atoms with Crippen molar-refractivity contribution in [1.82, 2.24) is 9.97 Å². The van der Waals surface area contributed by atoms with Crippen LogP contribution in [0, 0.1) is 3.57 Å². The van der Waals surface area contributed by atoms with Crippen molar-refractivity contribution < 1.29 is 4.74 Å². The number of benzene rings is 1. The molecule has 1 atom stereocenters. The number of halogens is 1. The smallest absolute Gasteiger partial charge is 0.164 e. The summed E-state index contributed by atoms with van der Waals surface area (Å²) in [6.07, 6.45) is 1.58. The average Bonchev–Trinajstić information content (AvgIpc) is 2.44. The van der Waals surface area contributed by atoms with Gasteiger partial charge in [-0.3, -0.25) is 0 Å². The van der Waals surface area contributed by atoms with Gasteiger partial charge in [-0.05, 0) is 35.1 Å². The lowest BCUT2D eigenvalue weighted by Crippen LogP contribution is -2.11. The highest BCUT2D eigenvalue weighted by molar-refractivity contribution is 14.1. The molecule has 0 amide bonds. The Morgan fingerprint density at radius 1 is 1.32 bits per heavy atom. The predicted octanol–water partition coefficient (Wildman–Crippen LogP) is 3.25. The van der Waals surface area contributed by atoms with E-state index in [1.165, 1.54) is 0 Å². The largest absolute Gasteiger partial charge is 0.369 e. The van der Waals surface area contributed by atoms with E-state index in [2.05, 4.69) is 37.9 Å². The number of hydrogen-bond donors (Lipinski definition) is 1. The second-order valence-electron chi connectivity index (χ2n) is 3.98. The summed E-state index contributed by atoms with van der Waals surface area (Å²) in [6, 6.07) is 9.98. The molecule has 0 aliphatic carbocycles. The first-order valence-electron chi connectivity index (χ1n) is 6.10. The van der Waals surface area contributed by atoms with Gasteiger partial charge in [-0.2, -0.15) is 0 Å². The normalized spacial score (nSPS) is 12.2. The van der Waals surface area contributed by atoms with Crippen molar-refractivity contribution in [1.29, 1.82) is 0 Å². The van der Waals surface area contributed by atoms with E-state index in [1.54, 1.807) is 7.11 Å². The minimum atomic E-state index is -0.240. The van der Waals surface area contributed by atoms with Crippen molar-refractivity contribution >= 4 is 28.4 Å². The molecule has 5 heteroatoms. The molecular formula is C14H16IN3O. The first-order chi connectivity index (χ1) is 9.26. The molecule has 0 saturated heterocycles. The lowest BCUT2D eigenvalue weighted by atomic mass is 10.1. The minimum absolute atomic E-state index is 0.240. The predicted molar refractivity (Wildman–Crippen MR) is 84.2 cm³/mol. The second kappa shape index (κ2) is 6.81. The van der Waals surface area contributed by atoms with Gasteiger partial charge in [0.25, 0.3) is 0 Å². The van der Waals surface area contributed by atoms with E-state index in [-0.39, 0.29) is 6.10 Å². The van der Waals surface area contributed by atoms with Crippen LogP contribution in [0.4, 0.5) is 5.82 Å². The van der Waals surface area contributed by atoms with Gasteiger partial charge in [-0.1, -0.05) is 30.3 Å². The van der Waals surface area contributed by atoms with Crippen molar-refractivity contribution in [2.75, 3.05) is 19.0 Å². The third-order valence-electron chi connectivity index (χ3n) is 2.68. The molecule has 19 heavy (non-hydrogen) atoms. The van der Waals surface area contributed by atoms with E-state index >= 15 is 0 Å². The van der Waals surface area contributed by atoms with Gasteiger partial charge in [-0.15, -0.1) is 0 Å². The molecule has 1 N–H and O–H groups in total. The van der Waals surface area contributed by atoms with Crippen LogP contribution in [-0.2, 0) is 4.74 Å². The van der Waals surface area contributed by atoms with Crippen LogP contribution in [0.5, 0.6) is 0 Å². The third-order valence-corrected chi connectivity index (χ3v) is 3.47. The van der Waals surface area contributed by atoms with Gasteiger partial charge >= 0.3 is 0 Å². The number of aromatic nitrogens is 2. The Kier molecular flexibility index (Phi) is 5.09. The van der Waals surface area contributed by atoms with Crippen LogP contribution in [0.1, 0.15) is 24.4 Å². The van der Waals surface area contributed by atoms with E-state index < -0.39 is 0 Å². The standard InChI is InChI=1S/C14H16IN3O/c1-3-16-13-11(15)9-17-14(18-13)12(19-2)10-7-5-4-6-8-10/h4-9,12H,3H2,1-2H3,(H,16,17,18). The number of rotatable bonds is 5. The number of ether oxygens (including phenoxy) is 1. The second-order valence-corrected chi connectivity index (χ2v) is 5.14. The Bertz CT molecular complexity index is 533. The number of nitrogens with zero attached hydrogens (tertiary/aromatic N) is 2. The highest BCUT2D eigenvalue weighted by Crippen LogP contribution is 2.24. The van der Waals surface area contributed by atoms with Gasteiger partial charge < -0.3 is 10.1 Å². The quantitative estimate of drug-likeness (QED) is 0.822. The molecule has 100 valence electrons. The molecule has 1 aromatic heterocycles. The van der Waals surface area contributed by atoms with E-state index in [9.17, 15) is 0 Å². The molecule has 0 spiro atoms. The van der Waals surface area contributed by atoms with Gasteiger partial charge in [0.2, 0.25) is 0 Å². The fourth-order valence-corrected chi connectivity index (χ4v) is 2.27. The summed E-state index contributed by atoms with van der Waals surface area (Å²) < 4.78 is 6.55. The van der Waals surface area contributed by atoms with Crippen molar-refractivity contribution in [2.24, 2.45) is 0 Å². The number of methoxy groups -OCH3 is 1. The molecule has 0 saturated carbocycles. The SMILES string of the molecule is CCNc1nc(C(OC)c2ccccc2)ncc1I. The zero-order valence-electron chi connectivity index (χ0n) is 10.9. The van der Waals surface area contributed by atoms with E-state index in [1.807, 2.05) is 43.5 Å². The van der Waals surface area contributed by atoms with Gasteiger partial charge in [0, 0.05) is 19.9 Å². The average molecular weight is 369 g/mol. The summed E-state index contributed by atoms with van der Waals surface area (Å²) in [5.41, 5.74) is 1.05. The maximum absolute atomic E-state index is 5.54. The molecule has 0 fully saturated rings. The fraction of sp³-hybridized carbons (Fsp3) is 0.286. The third kappa shape index (κ3) is 3.42. The highest BCUT2D eigenvalue weighted by Gasteiger charge is 2.17. The van der Waals surface area contributed by atoms with E-state index in [4.69, 9.17) is 4.74 Å². The fourth-order valence-electron chi connectivity index (χ4n) is 1.82. The molecule has 0 aliphatic rings. The van der Waals surface area contributed by atoms with Gasteiger partial charge in [0.1, 0.15) is 11.9 Å². The Morgan fingerprint density at radius 2 is 2.05 bits per heavy atom. The number of anilines is 1. The van der Waals surface area contributed by atoms with Crippen LogP contribution >= 0.6 is 22.6 Å². The van der Waals surface area contributed by atoms with Crippen LogP contribution in [0.15, 0.2) is 36.5 Å². The lowest BCUT2D eigenvalue weighted by molar-refractivity contribution is 0.129. The Morgan fingerprint density at radius 3 is 2.68 bits per heavy atom. The van der Waals surface area contributed by atoms with Crippen LogP contribution in [-0.4, -0.2) is 23.6 Å². The molecule has 4 nitrogen and oxygen atoms in total. The first kappa shape index (κ1) is 14.2. The van der Waals surface area contributed by atoms with Crippen molar-refractivity contribution in [3.63, 3.8) is 0 Å². The van der Waals surface area contributed by atoms with Crippen LogP contribution in [0.3, 0.4) is 0 Å². The molecule has 1 aromatic carbocycles. The molecule has 2 aromatic rings. The monoisotopic (exact) mass is 369 g/mol. The highest BCUT2D eigenvalue weighted by atomic mass is 127. The lowest BCUT2D eigenvalue weighted by Gasteiger charge is -2.15. The summed E-state index contributed by atoms with van der Waals surface area (Å²) in [5, 5.41) is 3.23. The molecule has 2 rings (SSSR count). The molecule has 0 bridgehead atoms. The molecule has 0 radical (unpaired) electrons. The van der Waals surface area contributed by atoms with Gasteiger partial charge in [-0.25, -0.2) is 9.97 Å². The summed E-state index contributed by atoms with van der Waals surface area (Å²) in [7, 11) is 1.67. The number of nitrogens with one attached hydrogen (secondary N) is 1. The molecular weight excluding hydrogens is 353 g/mol. The van der Waals surface area contributed by atoms with Crippen LogP contribution in [0.25, 0.3) is 0 Å². The van der Waals surface area contributed by atoms with Crippen molar-refractivity contribution in [3.05, 3.63) is 51.5 Å². The Labute approximate surface area is 126 Å². The van der Waals surface area contributed by atoms with Gasteiger partial charge in [0.05, 0.1) is 3.57 Å². The summed E-state index contributed by atoms with van der Waals surface area (Å²) in [6.45, 7) is 2.87. The summed E-state index contributed by atoms with van der Waals surface area (Å²) in [5.74, 6) is 1.52.